The summed E-state index contributed by atoms with van der Waals surface area (Å²) in [6.07, 6.45) is 2.50. The smallest absolute Gasteiger partial charge is 0.191 e. The molecule has 27 heavy (non-hydrogen) atoms. The lowest BCUT2D eigenvalue weighted by molar-refractivity contribution is 0.145. The predicted octanol–water partition coefficient (Wildman–Crippen LogP) is 2.42. The first kappa shape index (κ1) is 21.5. The summed E-state index contributed by atoms with van der Waals surface area (Å²) < 4.78 is 11.0. The van der Waals surface area contributed by atoms with Crippen LogP contribution in [0, 0.1) is 12.8 Å². The largest absolute Gasteiger partial charge is 0.491 e. The second-order valence-electron chi connectivity index (χ2n) is 7.28. The molecule has 0 amide bonds. The van der Waals surface area contributed by atoms with Crippen molar-refractivity contribution < 1.29 is 9.47 Å². The van der Waals surface area contributed by atoms with Crippen LogP contribution in [0.1, 0.15) is 30.9 Å². The van der Waals surface area contributed by atoms with Crippen molar-refractivity contribution >= 4 is 5.96 Å². The molecule has 1 aliphatic rings. The number of nitrogens with one attached hydrogen (secondary N) is 2. The van der Waals surface area contributed by atoms with Crippen LogP contribution in [0.25, 0.3) is 0 Å². The maximum atomic E-state index is 5.88. The summed E-state index contributed by atoms with van der Waals surface area (Å²) in [6, 6.07) is 6.27. The summed E-state index contributed by atoms with van der Waals surface area (Å²) >= 11 is 0. The number of aliphatic imine (C=N–C) groups is 1. The van der Waals surface area contributed by atoms with Gasteiger partial charge in [0, 0.05) is 25.8 Å². The second kappa shape index (κ2) is 11.8. The molecule has 152 valence electrons. The van der Waals surface area contributed by atoms with Gasteiger partial charge in [-0.1, -0.05) is 12.1 Å². The molecule has 6 heteroatoms. The maximum Gasteiger partial charge on any atom is 0.191 e. The number of methoxy groups -OCH3 is 1. The highest BCUT2D eigenvalue weighted by Gasteiger charge is 2.16. The average molecular weight is 377 g/mol. The van der Waals surface area contributed by atoms with Gasteiger partial charge in [-0.2, -0.15) is 0 Å². The van der Waals surface area contributed by atoms with Gasteiger partial charge in [-0.15, -0.1) is 0 Å². The van der Waals surface area contributed by atoms with Crippen molar-refractivity contribution in [2.75, 3.05) is 53.6 Å². The van der Waals surface area contributed by atoms with Gasteiger partial charge in [-0.3, -0.25) is 0 Å². The maximum absolute atomic E-state index is 5.88. The van der Waals surface area contributed by atoms with Crippen LogP contribution in [0.15, 0.2) is 23.2 Å². The van der Waals surface area contributed by atoms with E-state index in [-0.39, 0.29) is 0 Å². The number of benzene rings is 1. The van der Waals surface area contributed by atoms with Crippen molar-refractivity contribution in [1.29, 1.82) is 0 Å². The van der Waals surface area contributed by atoms with Gasteiger partial charge in [0.1, 0.15) is 12.4 Å². The van der Waals surface area contributed by atoms with Gasteiger partial charge in [0.2, 0.25) is 0 Å². The number of nitrogens with zero attached hydrogens (tertiary/aromatic N) is 2. The van der Waals surface area contributed by atoms with Crippen LogP contribution >= 0.6 is 0 Å². The number of rotatable bonds is 9. The number of aryl methyl sites for hydroxylation is 1. The fourth-order valence-electron chi connectivity index (χ4n) is 3.17. The minimum atomic E-state index is 0.547. The topological polar surface area (TPSA) is 58.1 Å². The first-order chi connectivity index (χ1) is 13.1. The van der Waals surface area contributed by atoms with Crippen molar-refractivity contribution in [2.45, 2.75) is 33.2 Å². The SMILES string of the molecule is CCNC(=NCc1ccc(C)cc1OCCOC)NCC1CCN(C)CC1. The van der Waals surface area contributed by atoms with E-state index in [1.54, 1.807) is 7.11 Å². The van der Waals surface area contributed by atoms with E-state index in [0.29, 0.717) is 19.8 Å². The fourth-order valence-corrected chi connectivity index (χ4v) is 3.17. The lowest BCUT2D eigenvalue weighted by atomic mass is 9.97. The lowest BCUT2D eigenvalue weighted by Crippen LogP contribution is -2.42. The average Bonchev–Trinajstić information content (AvgIpc) is 2.66. The minimum Gasteiger partial charge on any atom is -0.491 e. The molecule has 1 aromatic rings. The van der Waals surface area contributed by atoms with Crippen molar-refractivity contribution in [1.82, 2.24) is 15.5 Å². The molecule has 0 aliphatic carbocycles. The number of hydrogen-bond acceptors (Lipinski definition) is 4. The van der Waals surface area contributed by atoms with Gasteiger partial charge in [-0.05, 0) is 64.4 Å². The molecule has 1 saturated heterocycles. The Bertz CT molecular complexity index is 584. The molecule has 0 radical (unpaired) electrons. The summed E-state index contributed by atoms with van der Waals surface area (Å²) in [5.74, 6) is 2.49. The van der Waals surface area contributed by atoms with Crippen molar-refractivity contribution in [3.8, 4) is 5.75 Å². The zero-order chi connectivity index (χ0) is 19.5. The van der Waals surface area contributed by atoms with E-state index in [0.717, 1.165) is 36.3 Å². The molecule has 1 heterocycles. The van der Waals surface area contributed by atoms with Crippen LogP contribution < -0.4 is 15.4 Å². The fraction of sp³-hybridized carbons (Fsp3) is 0.667. The molecule has 0 aromatic heterocycles. The third-order valence-corrected chi connectivity index (χ3v) is 4.92. The molecule has 1 aromatic carbocycles. The van der Waals surface area contributed by atoms with Crippen LogP contribution in [0.2, 0.25) is 0 Å². The van der Waals surface area contributed by atoms with E-state index in [4.69, 9.17) is 14.5 Å². The van der Waals surface area contributed by atoms with Crippen molar-refractivity contribution in [3.05, 3.63) is 29.3 Å². The van der Waals surface area contributed by atoms with Gasteiger partial charge in [0.15, 0.2) is 5.96 Å². The molecule has 0 atom stereocenters. The molecule has 6 nitrogen and oxygen atoms in total. The summed E-state index contributed by atoms with van der Waals surface area (Å²) in [5, 5.41) is 6.87. The minimum absolute atomic E-state index is 0.547. The zero-order valence-corrected chi connectivity index (χ0v) is 17.4. The van der Waals surface area contributed by atoms with E-state index in [1.807, 2.05) is 0 Å². The molecule has 1 fully saturated rings. The molecule has 1 aliphatic heterocycles. The molecular weight excluding hydrogens is 340 g/mol. The Morgan fingerprint density at radius 2 is 2.00 bits per heavy atom. The molecule has 2 N–H and O–H groups in total. The number of ether oxygens (including phenoxy) is 2. The third-order valence-electron chi connectivity index (χ3n) is 4.92. The van der Waals surface area contributed by atoms with Gasteiger partial charge in [0.25, 0.3) is 0 Å². The van der Waals surface area contributed by atoms with E-state index in [2.05, 4.69) is 54.6 Å². The van der Waals surface area contributed by atoms with Gasteiger partial charge in [-0.25, -0.2) is 4.99 Å². The normalized spacial score (nSPS) is 16.4. The van der Waals surface area contributed by atoms with Gasteiger partial charge >= 0.3 is 0 Å². The number of piperidine rings is 1. The molecular formula is C21H36N4O2. The number of likely N-dealkylation sites (tertiary alicyclic amines) is 1. The Morgan fingerprint density at radius 3 is 2.70 bits per heavy atom. The highest BCUT2D eigenvalue weighted by atomic mass is 16.5. The summed E-state index contributed by atoms with van der Waals surface area (Å²) in [5.41, 5.74) is 2.27. The Labute approximate surface area is 164 Å². The van der Waals surface area contributed by atoms with E-state index in [1.165, 1.54) is 31.5 Å². The first-order valence-corrected chi connectivity index (χ1v) is 10.0. The molecule has 0 spiro atoms. The summed E-state index contributed by atoms with van der Waals surface area (Å²) in [7, 11) is 3.88. The van der Waals surface area contributed by atoms with Gasteiger partial charge < -0.3 is 25.0 Å². The van der Waals surface area contributed by atoms with Crippen LogP contribution in [-0.2, 0) is 11.3 Å². The molecule has 0 saturated carbocycles. The monoisotopic (exact) mass is 376 g/mol. The predicted molar refractivity (Wildman–Crippen MR) is 112 cm³/mol. The van der Waals surface area contributed by atoms with Crippen LogP contribution in [-0.4, -0.2) is 64.4 Å². The highest BCUT2D eigenvalue weighted by molar-refractivity contribution is 5.79. The van der Waals surface area contributed by atoms with Crippen molar-refractivity contribution in [3.63, 3.8) is 0 Å². The standard InChI is InChI=1S/C21H36N4O2/c1-5-22-21(23-15-18-8-10-25(3)11-9-18)24-16-19-7-6-17(2)14-20(19)27-13-12-26-4/h6-7,14,18H,5,8-13,15-16H2,1-4H3,(H2,22,23,24). The Hall–Kier alpha value is -1.79. The lowest BCUT2D eigenvalue weighted by Gasteiger charge is -2.29. The number of hydrogen-bond donors (Lipinski definition) is 2. The Morgan fingerprint density at radius 1 is 1.22 bits per heavy atom. The van der Waals surface area contributed by atoms with Gasteiger partial charge in [0.05, 0.1) is 13.2 Å². The molecule has 0 unspecified atom stereocenters. The Kier molecular flexibility index (Phi) is 9.42. The second-order valence-corrected chi connectivity index (χ2v) is 7.28. The van der Waals surface area contributed by atoms with Crippen molar-refractivity contribution in [2.24, 2.45) is 10.9 Å². The van der Waals surface area contributed by atoms with Crippen LogP contribution in [0.4, 0.5) is 0 Å². The third kappa shape index (κ3) is 7.77. The van der Waals surface area contributed by atoms with E-state index < -0.39 is 0 Å². The van der Waals surface area contributed by atoms with Crippen LogP contribution in [0.5, 0.6) is 5.75 Å². The highest BCUT2D eigenvalue weighted by Crippen LogP contribution is 2.21. The molecule has 2 rings (SSSR count). The van der Waals surface area contributed by atoms with Crippen LogP contribution in [0.3, 0.4) is 0 Å². The zero-order valence-electron chi connectivity index (χ0n) is 17.4. The summed E-state index contributed by atoms with van der Waals surface area (Å²) in [6.45, 7) is 10.1. The Balaban J connectivity index is 1.94. The summed E-state index contributed by atoms with van der Waals surface area (Å²) in [4.78, 5) is 7.18. The quantitative estimate of drug-likeness (QED) is 0.394. The van der Waals surface area contributed by atoms with E-state index in [9.17, 15) is 0 Å². The van der Waals surface area contributed by atoms with E-state index >= 15 is 0 Å². The first-order valence-electron chi connectivity index (χ1n) is 10.0. The number of guanidine groups is 1. The molecule has 0 bridgehead atoms.